The van der Waals surface area contributed by atoms with Crippen LogP contribution in [0.5, 0.6) is 0 Å². The van der Waals surface area contributed by atoms with Crippen molar-refractivity contribution in [2.75, 3.05) is 39.9 Å². The van der Waals surface area contributed by atoms with Gasteiger partial charge in [0.05, 0.1) is 13.1 Å². The third kappa shape index (κ3) is 30.2. The molecule has 7 heteroatoms. The molecule has 254 valence electrons. The van der Waals surface area contributed by atoms with Crippen molar-refractivity contribution in [1.29, 1.82) is 0 Å². The summed E-state index contributed by atoms with van der Waals surface area (Å²) in [6.45, 7) is 6.07. The number of hydrogen-bond acceptors (Lipinski definition) is 6. The number of unbranched alkanes of at least 4 members (excludes halogenated alkanes) is 20. The highest BCUT2D eigenvalue weighted by Gasteiger charge is 2.15. The molecule has 43 heavy (non-hydrogen) atoms. The van der Waals surface area contributed by atoms with Crippen molar-refractivity contribution in [2.45, 2.75) is 174 Å². The van der Waals surface area contributed by atoms with Crippen molar-refractivity contribution in [1.82, 2.24) is 10.2 Å². The summed E-state index contributed by atoms with van der Waals surface area (Å²) in [6, 6.07) is 0. The van der Waals surface area contributed by atoms with E-state index in [0.29, 0.717) is 38.9 Å². The zero-order valence-electron chi connectivity index (χ0n) is 28.7. The molecule has 1 N–H and O–H groups in total. The van der Waals surface area contributed by atoms with Gasteiger partial charge in [-0.05, 0) is 19.9 Å². The van der Waals surface area contributed by atoms with Crippen molar-refractivity contribution in [3.63, 3.8) is 0 Å². The van der Waals surface area contributed by atoms with Crippen LogP contribution in [0.15, 0.2) is 0 Å². The molecule has 0 bridgehead atoms. The Kier molecular flexibility index (Phi) is 32.0. The van der Waals surface area contributed by atoms with Crippen LogP contribution < -0.4 is 5.32 Å². The van der Waals surface area contributed by atoms with E-state index in [0.717, 1.165) is 25.7 Å². The lowest BCUT2D eigenvalue weighted by molar-refractivity contribution is -0.147. The fourth-order valence-electron chi connectivity index (χ4n) is 5.30. The van der Waals surface area contributed by atoms with Gasteiger partial charge in [0.2, 0.25) is 5.91 Å². The van der Waals surface area contributed by atoms with Gasteiger partial charge in [-0.25, -0.2) is 0 Å². The molecular weight excluding hydrogens is 540 g/mol. The average molecular weight is 611 g/mol. The zero-order chi connectivity index (χ0) is 31.6. The maximum absolute atomic E-state index is 12.6. The highest BCUT2D eigenvalue weighted by molar-refractivity contribution is 5.76. The Labute approximate surface area is 266 Å². The Bertz CT molecular complexity index is 599. The molecule has 0 unspecified atom stereocenters. The van der Waals surface area contributed by atoms with E-state index >= 15 is 0 Å². The number of carbonyl (C=O) groups is 3. The molecule has 0 aromatic carbocycles. The summed E-state index contributed by atoms with van der Waals surface area (Å²) in [4.78, 5) is 38.6. The Morgan fingerprint density at radius 2 is 0.814 bits per heavy atom. The highest BCUT2D eigenvalue weighted by atomic mass is 16.5. The quantitative estimate of drug-likeness (QED) is 0.0590. The Morgan fingerprint density at radius 3 is 1.14 bits per heavy atom. The van der Waals surface area contributed by atoms with Crippen LogP contribution in [-0.2, 0) is 23.9 Å². The number of esters is 2. The number of rotatable bonds is 33. The van der Waals surface area contributed by atoms with Gasteiger partial charge in [0.1, 0.15) is 13.2 Å². The van der Waals surface area contributed by atoms with Gasteiger partial charge >= 0.3 is 11.9 Å². The fourth-order valence-corrected chi connectivity index (χ4v) is 5.30. The van der Waals surface area contributed by atoms with Crippen molar-refractivity contribution in [3.8, 4) is 0 Å². The first-order chi connectivity index (χ1) is 21.0. The second kappa shape index (κ2) is 33.3. The third-order valence-corrected chi connectivity index (χ3v) is 8.16. The van der Waals surface area contributed by atoms with Gasteiger partial charge < -0.3 is 19.7 Å². The van der Waals surface area contributed by atoms with Crippen LogP contribution in [0, 0.1) is 0 Å². The van der Waals surface area contributed by atoms with Gasteiger partial charge in [-0.2, -0.15) is 0 Å². The van der Waals surface area contributed by atoms with Crippen LogP contribution in [0.2, 0.25) is 0 Å². The summed E-state index contributed by atoms with van der Waals surface area (Å²) in [5.74, 6) is -0.425. The van der Waals surface area contributed by atoms with Gasteiger partial charge in [0, 0.05) is 25.8 Å². The SMILES string of the molecule is CCCCCCCCCCCCCC(=O)OCCN(CCOC(=O)CCCCCCCCCCCCC)C(=O)CCNC. The van der Waals surface area contributed by atoms with E-state index in [1.807, 2.05) is 7.05 Å². The van der Waals surface area contributed by atoms with E-state index in [1.165, 1.54) is 116 Å². The van der Waals surface area contributed by atoms with E-state index < -0.39 is 0 Å². The van der Waals surface area contributed by atoms with Crippen LogP contribution in [0.1, 0.15) is 174 Å². The average Bonchev–Trinajstić information content (AvgIpc) is 3.00. The summed E-state index contributed by atoms with van der Waals surface area (Å²) >= 11 is 0. The zero-order valence-corrected chi connectivity index (χ0v) is 28.7. The normalized spacial score (nSPS) is 11.0. The van der Waals surface area contributed by atoms with Gasteiger partial charge in [0.25, 0.3) is 0 Å². The van der Waals surface area contributed by atoms with E-state index in [1.54, 1.807) is 4.90 Å². The van der Waals surface area contributed by atoms with Crippen LogP contribution in [0.3, 0.4) is 0 Å². The molecule has 0 aliphatic rings. The first-order valence-electron chi connectivity index (χ1n) is 18.3. The standard InChI is InChI=1S/C36H70N2O5/c1-4-6-8-10-12-14-16-18-20-22-24-26-35(40)42-32-30-38(34(39)28-29-37-3)31-33-43-36(41)27-25-23-21-19-17-15-13-11-9-7-5-2/h37H,4-33H2,1-3H3. The maximum Gasteiger partial charge on any atom is 0.305 e. The summed E-state index contributed by atoms with van der Waals surface area (Å²) < 4.78 is 10.8. The number of nitrogens with one attached hydrogen (secondary N) is 1. The molecule has 0 spiro atoms. The molecule has 0 fully saturated rings. The molecule has 1 amide bonds. The molecule has 0 aromatic heterocycles. The van der Waals surface area contributed by atoms with E-state index in [9.17, 15) is 14.4 Å². The Balaban J connectivity index is 3.95. The number of nitrogens with zero attached hydrogens (tertiary/aromatic N) is 1. The number of carbonyl (C=O) groups excluding carboxylic acids is 3. The number of amides is 1. The van der Waals surface area contributed by atoms with Crippen molar-refractivity contribution < 1.29 is 23.9 Å². The molecule has 0 aromatic rings. The molecule has 0 saturated carbocycles. The topological polar surface area (TPSA) is 84.9 Å². The molecule has 0 atom stereocenters. The lowest BCUT2D eigenvalue weighted by Gasteiger charge is -2.22. The summed E-state index contributed by atoms with van der Waals surface area (Å²) in [5.41, 5.74) is 0. The van der Waals surface area contributed by atoms with E-state index in [2.05, 4.69) is 19.2 Å². The summed E-state index contributed by atoms with van der Waals surface area (Å²) in [7, 11) is 1.81. The van der Waals surface area contributed by atoms with Crippen LogP contribution in [-0.4, -0.2) is 62.6 Å². The second-order valence-corrected chi connectivity index (χ2v) is 12.2. The smallest absolute Gasteiger partial charge is 0.305 e. The first kappa shape index (κ1) is 41.4. The first-order valence-corrected chi connectivity index (χ1v) is 18.3. The summed E-state index contributed by atoms with van der Waals surface area (Å²) in [6.07, 6.45) is 28.6. The minimum Gasteiger partial charge on any atom is -0.464 e. The summed E-state index contributed by atoms with van der Waals surface area (Å²) in [5, 5.41) is 2.99. The van der Waals surface area contributed by atoms with Crippen LogP contribution in [0.4, 0.5) is 0 Å². The lowest BCUT2D eigenvalue weighted by atomic mass is 10.1. The fraction of sp³-hybridized carbons (Fsp3) is 0.917. The molecule has 0 aliphatic heterocycles. The largest absolute Gasteiger partial charge is 0.464 e. The number of ether oxygens (including phenoxy) is 2. The van der Waals surface area contributed by atoms with Gasteiger partial charge in [-0.3, -0.25) is 14.4 Å². The van der Waals surface area contributed by atoms with Crippen LogP contribution >= 0.6 is 0 Å². The second-order valence-electron chi connectivity index (χ2n) is 12.2. The van der Waals surface area contributed by atoms with Gasteiger partial charge in [-0.15, -0.1) is 0 Å². The third-order valence-electron chi connectivity index (χ3n) is 8.16. The molecule has 0 rings (SSSR count). The number of hydrogen-bond donors (Lipinski definition) is 1. The minimum absolute atomic E-state index is 0.0304. The highest BCUT2D eigenvalue weighted by Crippen LogP contribution is 2.13. The van der Waals surface area contributed by atoms with E-state index in [-0.39, 0.29) is 31.1 Å². The predicted octanol–water partition coefficient (Wildman–Crippen LogP) is 8.91. The molecule has 0 heterocycles. The van der Waals surface area contributed by atoms with Gasteiger partial charge in [0.15, 0.2) is 0 Å². The Morgan fingerprint density at radius 1 is 0.488 bits per heavy atom. The van der Waals surface area contributed by atoms with Crippen molar-refractivity contribution in [3.05, 3.63) is 0 Å². The maximum atomic E-state index is 12.6. The molecular formula is C36H70N2O5. The van der Waals surface area contributed by atoms with Gasteiger partial charge in [-0.1, -0.05) is 142 Å². The predicted molar refractivity (Wildman–Crippen MR) is 179 cm³/mol. The minimum atomic E-state index is -0.197. The monoisotopic (exact) mass is 611 g/mol. The molecule has 0 saturated heterocycles. The van der Waals surface area contributed by atoms with E-state index in [4.69, 9.17) is 9.47 Å². The Hall–Kier alpha value is -1.63. The molecule has 0 radical (unpaired) electrons. The van der Waals surface area contributed by atoms with Crippen LogP contribution in [0.25, 0.3) is 0 Å². The van der Waals surface area contributed by atoms with Crippen molar-refractivity contribution in [2.24, 2.45) is 0 Å². The molecule has 0 aliphatic carbocycles. The molecule has 7 nitrogen and oxygen atoms in total. The van der Waals surface area contributed by atoms with Crippen molar-refractivity contribution >= 4 is 17.8 Å². The lowest BCUT2D eigenvalue weighted by Crippen LogP contribution is -2.38.